The molecule has 0 bridgehead atoms. The number of primary amides is 1. The molecule has 1 aliphatic heterocycles. The molecule has 1 heterocycles. The van der Waals surface area contributed by atoms with Gasteiger partial charge < -0.3 is 31.7 Å². The highest BCUT2D eigenvalue weighted by Crippen LogP contribution is 2.40. The molecule has 270 valence electrons. The van der Waals surface area contributed by atoms with E-state index in [0.717, 1.165) is 82.6 Å². The standard InChI is InChI=1S/C38H57N5O6/c1-37(2,3)32(41-36(49)42-38(17-7-4-8-18-38)22-25-13-10-16-28(44)19-25)35(48)43-23-27(26-14-5-6-15-26)21-30(43)34(47)40-29(31(45)33(39)46)20-24-11-9-12-24/h10,13,16,19,24,26-27,29-30,32,44H,4-9,11-12,14-15,17-18,20-23H2,1-3H3,(H2,39,46)(H,40,47)(H2,41,42,49)/t27-,29?,30+,32-/m1/s1. The third kappa shape index (κ3) is 9.14. The van der Waals surface area contributed by atoms with E-state index in [1.807, 2.05) is 26.8 Å². The maximum absolute atomic E-state index is 14.6. The van der Waals surface area contributed by atoms with Crippen LogP contribution in [0, 0.1) is 23.2 Å². The maximum Gasteiger partial charge on any atom is 0.315 e. The van der Waals surface area contributed by atoms with Crippen molar-refractivity contribution in [2.75, 3.05) is 6.54 Å². The number of likely N-dealkylation sites (tertiary alicyclic amines) is 1. The number of nitrogens with two attached hydrogens (primary N) is 1. The topological polar surface area (TPSA) is 171 Å². The van der Waals surface area contributed by atoms with Gasteiger partial charge in [-0.05, 0) is 73.0 Å². The van der Waals surface area contributed by atoms with Gasteiger partial charge in [0.1, 0.15) is 17.8 Å². The predicted molar refractivity (Wildman–Crippen MR) is 186 cm³/mol. The summed E-state index contributed by atoms with van der Waals surface area (Å²) in [6.45, 7) is 6.10. The molecular weight excluding hydrogens is 622 g/mol. The Kier molecular flexibility index (Phi) is 11.6. The average molecular weight is 680 g/mol. The third-order valence-electron chi connectivity index (χ3n) is 11.7. The van der Waals surface area contributed by atoms with Gasteiger partial charge in [-0.25, -0.2) is 4.79 Å². The maximum atomic E-state index is 14.6. The second-order valence-corrected chi connectivity index (χ2v) is 16.5. The summed E-state index contributed by atoms with van der Waals surface area (Å²) in [5.74, 6) is -1.70. The van der Waals surface area contributed by atoms with Crippen LogP contribution in [-0.4, -0.2) is 69.8 Å². The zero-order valence-corrected chi connectivity index (χ0v) is 29.6. The van der Waals surface area contributed by atoms with Crippen molar-refractivity contribution in [3.8, 4) is 5.75 Å². The van der Waals surface area contributed by atoms with Crippen molar-refractivity contribution in [1.29, 1.82) is 0 Å². The van der Waals surface area contributed by atoms with Crippen LogP contribution in [0.15, 0.2) is 24.3 Å². The van der Waals surface area contributed by atoms with E-state index in [4.69, 9.17) is 5.73 Å². The first-order chi connectivity index (χ1) is 23.2. The Labute approximate surface area is 290 Å². The summed E-state index contributed by atoms with van der Waals surface area (Å²) in [5, 5.41) is 19.2. The fourth-order valence-electron chi connectivity index (χ4n) is 8.72. The van der Waals surface area contributed by atoms with E-state index < -0.39 is 52.7 Å². The largest absolute Gasteiger partial charge is 0.508 e. The van der Waals surface area contributed by atoms with Crippen molar-refractivity contribution in [3.05, 3.63) is 29.8 Å². The Morgan fingerprint density at radius 1 is 0.939 bits per heavy atom. The van der Waals surface area contributed by atoms with Crippen LogP contribution in [0.2, 0.25) is 0 Å². The number of hydrogen-bond acceptors (Lipinski definition) is 6. The minimum atomic E-state index is -1.07. The van der Waals surface area contributed by atoms with Gasteiger partial charge in [0.2, 0.25) is 17.6 Å². The lowest BCUT2D eigenvalue weighted by Crippen LogP contribution is -2.62. The number of carbonyl (C=O) groups is 5. The van der Waals surface area contributed by atoms with Crippen LogP contribution >= 0.6 is 0 Å². The number of amides is 5. The normalized spacial score (nSPS) is 24.0. The van der Waals surface area contributed by atoms with Crippen LogP contribution in [0.5, 0.6) is 5.75 Å². The number of nitrogens with zero attached hydrogens (tertiary/aromatic N) is 1. The molecular formula is C38H57N5O6. The molecule has 1 aromatic carbocycles. The molecule has 4 aliphatic rings. The van der Waals surface area contributed by atoms with Crippen LogP contribution in [0.3, 0.4) is 0 Å². The first-order valence-electron chi connectivity index (χ1n) is 18.6. The van der Waals surface area contributed by atoms with Crippen molar-refractivity contribution in [2.45, 2.75) is 141 Å². The Balaban J connectivity index is 1.35. The summed E-state index contributed by atoms with van der Waals surface area (Å²) in [5.41, 5.74) is 5.11. The summed E-state index contributed by atoms with van der Waals surface area (Å²) < 4.78 is 0. The molecule has 3 aliphatic carbocycles. The van der Waals surface area contributed by atoms with Gasteiger partial charge in [-0.15, -0.1) is 0 Å². The molecule has 11 heteroatoms. The van der Waals surface area contributed by atoms with E-state index in [9.17, 15) is 29.1 Å². The van der Waals surface area contributed by atoms with Gasteiger partial charge in [0.15, 0.2) is 0 Å². The number of phenols is 1. The molecule has 5 amide bonds. The lowest BCUT2D eigenvalue weighted by molar-refractivity contribution is -0.143. The van der Waals surface area contributed by atoms with Crippen molar-refractivity contribution in [3.63, 3.8) is 0 Å². The van der Waals surface area contributed by atoms with E-state index in [1.165, 1.54) is 0 Å². The zero-order valence-electron chi connectivity index (χ0n) is 29.6. The van der Waals surface area contributed by atoms with E-state index in [1.54, 1.807) is 23.1 Å². The van der Waals surface area contributed by atoms with Crippen molar-refractivity contribution in [1.82, 2.24) is 20.9 Å². The summed E-state index contributed by atoms with van der Waals surface area (Å²) in [7, 11) is 0. The lowest BCUT2D eigenvalue weighted by atomic mass is 9.77. The number of aromatic hydroxyl groups is 1. The molecule has 1 aromatic rings. The minimum absolute atomic E-state index is 0.126. The number of carbonyl (C=O) groups excluding carboxylic acids is 5. The van der Waals surface area contributed by atoms with E-state index >= 15 is 0 Å². The lowest BCUT2D eigenvalue weighted by Gasteiger charge is -2.40. The van der Waals surface area contributed by atoms with Crippen LogP contribution in [0.4, 0.5) is 4.79 Å². The average Bonchev–Trinajstić information content (AvgIpc) is 3.71. The highest BCUT2D eigenvalue weighted by atomic mass is 16.3. The van der Waals surface area contributed by atoms with Gasteiger partial charge in [-0.1, -0.05) is 97.1 Å². The Morgan fingerprint density at radius 2 is 1.63 bits per heavy atom. The Bertz CT molecular complexity index is 1370. The molecule has 0 spiro atoms. The number of phenolic OH excluding ortho intramolecular Hbond substituents is 1. The number of Topliss-reactive ketones (excluding diaryl/α,β-unsaturated/α-hetero) is 1. The number of urea groups is 1. The van der Waals surface area contributed by atoms with Crippen LogP contribution in [0.25, 0.3) is 0 Å². The second-order valence-electron chi connectivity index (χ2n) is 16.5. The van der Waals surface area contributed by atoms with Gasteiger partial charge >= 0.3 is 6.03 Å². The molecule has 4 atom stereocenters. The van der Waals surface area contributed by atoms with Gasteiger partial charge in [-0.3, -0.25) is 19.2 Å². The van der Waals surface area contributed by atoms with Gasteiger partial charge in [-0.2, -0.15) is 0 Å². The van der Waals surface area contributed by atoms with Crippen molar-refractivity contribution in [2.24, 2.45) is 28.9 Å². The van der Waals surface area contributed by atoms with Gasteiger partial charge in [0, 0.05) is 12.1 Å². The van der Waals surface area contributed by atoms with E-state index in [-0.39, 0.29) is 23.5 Å². The first-order valence-corrected chi connectivity index (χ1v) is 18.6. The van der Waals surface area contributed by atoms with Crippen LogP contribution < -0.4 is 21.7 Å². The highest BCUT2D eigenvalue weighted by molar-refractivity contribution is 6.37. The molecule has 1 unspecified atom stereocenters. The zero-order chi connectivity index (χ0) is 35.3. The summed E-state index contributed by atoms with van der Waals surface area (Å²) in [6.07, 6.45) is 13.3. The number of hydrogen-bond donors (Lipinski definition) is 5. The molecule has 0 aromatic heterocycles. The predicted octanol–water partition coefficient (Wildman–Crippen LogP) is 4.49. The molecule has 0 radical (unpaired) electrons. The van der Waals surface area contributed by atoms with E-state index in [0.29, 0.717) is 31.7 Å². The fourth-order valence-corrected chi connectivity index (χ4v) is 8.72. The molecule has 4 fully saturated rings. The van der Waals surface area contributed by atoms with E-state index in [2.05, 4.69) is 16.0 Å². The quantitative estimate of drug-likeness (QED) is 0.204. The minimum Gasteiger partial charge on any atom is -0.508 e. The number of benzene rings is 1. The summed E-state index contributed by atoms with van der Waals surface area (Å²) >= 11 is 0. The molecule has 11 nitrogen and oxygen atoms in total. The highest BCUT2D eigenvalue weighted by Gasteiger charge is 2.48. The van der Waals surface area contributed by atoms with Crippen molar-refractivity contribution < 1.29 is 29.1 Å². The Morgan fingerprint density at radius 3 is 2.22 bits per heavy atom. The van der Waals surface area contributed by atoms with Crippen LogP contribution in [-0.2, 0) is 25.6 Å². The van der Waals surface area contributed by atoms with Crippen molar-refractivity contribution >= 4 is 29.5 Å². The van der Waals surface area contributed by atoms with Gasteiger partial charge in [0.05, 0.1) is 6.04 Å². The smallest absolute Gasteiger partial charge is 0.315 e. The fraction of sp³-hybridized carbons (Fsp3) is 0.711. The number of ketones is 1. The number of nitrogens with one attached hydrogen (secondary N) is 3. The molecule has 3 saturated carbocycles. The third-order valence-corrected chi connectivity index (χ3v) is 11.7. The van der Waals surface area contributed by atoms with Crippen LogP contribution in [0.1, 0.15) is 116 Å². The summed E-state index contributed by atoms with van der Waals surface area (Å²) in [6, 6.07) is 3.90. The molecule has 5 rings (SSSR count). The Hall–Kier alpha value is -3.63. The van der Waals surface area contributed by atoms with Gasteiger partial charge in [0.25, 0.3) is 5.91 Å². The molecule has 1 saturated heterocycles. The SMILES string of the molecule is CC(C)(C)[C@H](NC(=O)NC1(Cc2cccc(O)c2)CCCCC1)C(=O)N1C[C@H](C2CCCC2)C[C@H]1C(=O)NC(CC1CCC1)C(=O)C(N)=O. The first kappa shape index (κ1) is 36.6. The second kappa shape index (κ2) is 15.5. The number of rotatable bonds is 12. The molecule has 6 N–H and O–H groups in total. The summed E-state index contributed by atoms with van der Waals surface area (Å²) in [4.78, 5) is 68.8. The molecule has 49 heavy (non-hydrogen) atoms. The monoisotopic (exact) mass is 679 g/mol.